The lowest BCUT2D eigenvalue weighted by Crippen LogP contribution is -2.42. The van der Waals surface area contributed by atoms with Crippen molar-refractivity contribution in [2.75, 3.05) is 6.54 Å². The molecule has 0 spiro atoms. The van der Waals surface area contributed by atoms with Gasteiger partial charge in [0.05, 0.1) is 22.4 Å². The lowest BCUT2D eigenvalue weighted by molar-refractivity contribution is 0.0136. The van der Waals surface area contributed by atoms with Gasteiger partial charge in [-0.3, -0.25) is 9.47 Å². The summed E-state index contributed by atoms with van der Waals surface area (Å²) in [5, 5.41) is 6.20. The van der Waals surface area contributed by atoms with Crippen molar-refractivity contribution >= 4 is 40.9 Å². The van der Waals surface area contributed by atoms with Gasteiger partial charge in [0, 0.05) is 35.8 Å². The second kappa shape index (κ2) is 19.4. The molecule has 0 radical (unpaired) electrons. The molecule has 3 atom stereocenters. The van der Waals surface area contributed by atoms with Crippen LogP contribution in [0.15, 0.2) is 83.8 Å². The minimum absolute atomic E-state index is 0.0317. The number of aromatic nitrogens is 3. The zero-order chi connectivity index (χ0) is 44.8. The minimum atomic E-state index is -0.710. The van der Waals surface area contributed by atoms with Gasteiger partial charge in [0.25, 0.3) is 0 Å². The summed E-state index contributed by atoms with van der Waals surface area (Å²) in [5.74, 6) is -0.599. The first-order valence-electron chi connectivity index (χ1n) is 21.0. The molecule has 1 aliphatic rings. The van der Waals surface area contributed by atoms with Gasteiger partial charge in [0.2, 0.25) is 0 Å². The summed E-state index contributed by atoms with van der Waals surface area (Å²) < 4.78 is 33.5. The average molecular weight is 871 g/mol. The maximum Gasteiger partial charge on any atom is 0.411 e. The molecule has 3 heterocycles. The number of rotatable bonds is 13. The number of nitrogens with one attached hydrogen (secondary N) is 3. The van der Waals surface area contributed by atoms with E-state index in [2.05, 4.69) is 20.6 Å². The Balaban J connectivity index is 1.12. The van der Waals surface area contributed by atoms with Gasteiger partial charge in [-0.25, -0.2) is 23.6 Å². The largest absolute Gasteiger partial charge is 0.445 e. The van der Waals surface area contributed by atoms with Crippen LogP contribution in [0, 0.1) is 5.82 Å². The second-order valence-electron chi connectivity index (χ2n) is 17.8. The molecule has 62 heavy (non-hydrogen) atoms. The molecule has 1 aliphatic heterocycles. The highest BCUT2D eigenvalue weighted by Gasteiger charge is 2.40. The molecule has 1 saturated heterocycles. The van der Waals surface area contributed by atoms with Crippen molar-refractivity contribution in [2.24, 2.45) is 0 Å². The number of carbonyl (C=O) groups is 3. The fraction of sp³-hybridized carbons (Fsp3) is 0.426. The van der Waals surface area contributed by atoms with Crippen LogP contribution in [0.4, 0.5) is 18.8 Å². The Kier molecular flexibility index (Phi) is 14.3. The highest BCUT2D eigenvalue weighted by atomic mass is 35.5. The molecule has 0 aliphatic carbocycles. The summed E-state index contributed by atoms with van der Waals surface area (Å²) in [7, 11) is 0. The van der Waals surface area contributed by atoms with Crippen LogP contribution in [0.5, 0.6) is 0 Å². The molecule has 3 aromatic carbocycles. The smallest absolute Gasteiger partial charge is 0.411 e. The number of benzene rings is 3. The Bertz CT molecular complexity index is 2420. The Morgan fingerprint density at radius 1 is 0.935 bits per heavy atom. The summed E-state index contributed by atoms with van der Waals surface area (Å²) in [6, 6.07) is 21.3. The maximum absolute atomic E-state index is 15.5. The molecule has 1 fully saturated rings. The molecular weight excluding hydrogens is 815 g/mol. The van der Waals surface area contributed by atoms with Crippen molar-refractivity contribution < 1.29 is 33.0 Å². The number of aromatic amines is 1. The van der Waals surface area contributed by atoms with Gasteiger partial charge < -0.3 is 29.8 Å². The van der Waals surface area contributed by atoms with Crippen LogP contribution >= 0.6 is 11.6 Å². The van der Waals surface area contributed by atoms with E-state index in [-0.39, 0.29) is 35.3 Å². The Labute approximate surface area is 366 Å². The number of H-pyrrole nitrogens is 1. The van der Waals surface area contributed by atoms with Gasteiger partial charge in [-0.15, -0.1) is 0 Å². The van der Waals surface area contributed by atoms with Crippen LogP contribution in [0.25, 0.3) is 28.0 Å². The van der Waals surface area contributed by atoms with Crippen LogP contribution in [-0.2, 0) is 27.2 Å². The topological polar surface area (TPSA) is 157 Å². The Morgan fingerprint density at radius 2 is 1.65 bits per heavy atom. The number of ether oxygens (including phenoxy) is 3. The molecule has 0 saturated carbocycles. The zero-order valence-corrected chi connectivity index (χ0v) is 37.1. The fourth-order valence-corrected chi connectivity index (χ4v) is 7.80. The molecule has 15 heteroatoms. The molecule has 5 aromatic rings. The third kappa shape index (κ3) is 12.1. The predicted octanol–water partition coefficient (Wildman–Crippen LogP) is 10.2. The zero-order valence-electron chi connectivity index (χ0n) is 36.3. The summed E-state index contributed by atoms with van der Waals surface area (Å²) in [6.07, 6.45) is 4.04. The van der Waals surface area contributed by atoms with E-state index in [9.17, 15) is 19.2 Å². The Hall–Kier alpha value is -5.89. The van der Waals surface area contributed by atoms with Gasteiger partial charge in [-0.1, -0.05) is 54.1 Å². The Morgan fingerprint density at radius 3 is 2.34 bits per heavy atom. The molecular formula is C47H56ClFN6O7. The van der Waals surface area contributed by atoms with Crippen LogP contribution in [0.1, 0.15) is 103 Å². The first-order valence-corrected chi connectivity index (χ1v) is 21.4. The van der Waals surface area contributed by atoms with Gasteiger partial charge in [0.1, 0.15) is 23.5 Å². The molecule has 0 bridgehead atoms. The summed E-state index contributed by atoms with van der Waals surface area (Å²) in [6.45, 7) is 13.3. The van der Waals surface area contributed by atoms with E-state index >= 15 is 4.39 Å². The number of carbonyl (C=O) groups excluding carboxylic acids is 3. The number of halogens is 2. The molecule has 6 rings (SSSR count). The normalized spacial score (nSPS) is 15.9. The van der Waals surface area contributed by atoms with Crippen molar-refractivity contribution in [3.8, 4) is 16.9 Å². The predicted molar refractivity (Wildman–Crippen MR) is 237 cm³/mol. The van der Waals surface area contributed by atoms with Crippen molar-refractivity contribution in [3.63, 3.8) is 0 Å². The van der Waals surface area contributed by atoms with Gasteiger partial charge >= 0.3 is 24.0 Å². The van der Waals surface area contributed by atoms with Crippen LogP contribution in [-0.4, -0.2) is 67.5 Å². The standard InChI is InChI=1S/C47H56ClFN6O7/c1-29(51-44(58)60-28-30-13-9-8-10-14-30)12-11-15-31-24-36(40(49)37(48)25-31)38-26-33-27-54(42(56)53-41(33)52-38)34-18-16-32(17-19-34)39-21-20-35(55(39)45(59)62-47(5,6)7)22-23-50-43(57)61-46(2,3)4/h8-10,13-14,16-19,24-27,29,35,39H,11-12,15,20-23,28H2,1-7H3,(H,50,57)(H,51,58)(H,52,53,56)/t29-,35+,39+/m0/s1. The molecule has 13 nitrogen and oxygen atoms in total. The number of hydrogen-bond acceptors (Lipinski definition) is 8. The lowest BCUT2D eigenvalue weighted by Gasteiger charge is -2.33. The van der Waals surface area contributed by atoms with E-state index in [0.29, 0.717) is 67.5 Å². The molecule has 0 unspecified atom stereocenters. The van der Waals surface area contributed by atoms with E-state index in [1.807, 2.05) is 70.2 Å². The number of likely N-dealkylation sites (tertiary alicyclic amines) is 1. The molecule has 330 valence electrons. The maximum atomic E-state index is 15.5. The summed E-state index contributed by atoms with van der Waals surface area (Å²) in [5.41, 5.74) is 2.22. The molecule has 2 aromatic heterocycles. The third-order valence-corrected chi connectivity index (χ3v) is 10.6. The van der Waals surface area contributed by atoms with E-state index in [4.69, 9.17) is 25.8 Å². The fourth-order valence-electron chi connectivity index (χ4n) is 7.56. The molecule has 3 N–H and O–H groups in total. The first-order chi connectivity index (χ1) is 29.3. The highest BCUT2D eigenvalue weighted by Crippen LogP contribution is 2.39. The summed E-state index contributed by atoms with van der Waals surface area (Å²) >= 11 is 6.39. The van der Waals surface area contributed by atoms with Gasteiger partial charge in [0.15, 0.2) is 5.82 Å². The van der Waals surface area contributed by atoms with E-state index < -0.39 is 41.0 Å². The second-order valence-corrected chi connectivity index (χ2v) is 18.2. The highest BCUT2D eigenvalue weighted by molar-refractivity contribution is 6.31. The number of fused-ring (bicyclic) bond motifs is 1. The van der Waals surface area contributed by atoms with E-state index in [1.165, 1.54) is 4.57 Å². The van der Waals surface area contributed by atoms with Crippen molar-refractivity contribution in [1.29, 1.82) is 0 Å². The first kappa shape index (κ1) is 45.6. The van der Waals surface area contributed by atoms with Gasteiger partial charge in [-0.05, 0) is 134 Å². The molecule has 3 amide bonds. The number of hydrogen-bond donors (Lipinski definition) is 3. The lowest BCUT2D eigenvalue weighted by atomic mass is 10.0. The monoisotopic (exact) mass is 870 g/mol. The van der Waals surface area contributed by atoms with E-state index in [1.54, 1.807) is 62.2 Å². The van der Waals surface area contributed by atoms with E-state index in [0.717, 1.165) is 16.7 Å². The van der Waals surface area contributed by atoms with Crippen molar-refractivity contribution in [2.45, 2.75) is 123 Å². The third-order valence-electron chi connectivity index (χ3n) is 10.4. The van der Waals surface area contributed by atoms with Crippen molar-refractivity contribution in [3.05, 3.63) is 117 Å². The van der Waals surface area contributed by atoms with Crippen LogP contribution < -0.4 is 16.3 Å². The number of amides is 3. The number of aryl methyl sites for hydroxylation is 1. The summed E-state index contributed by atoms with van der Waals surface area (Å²) in [4.78, 5) is 60.7. The quantitative estimate of drug-likeness (QED) is 0.0988. The van der Waals surface area contributed by atoms with Crippen LogP contribution in [0.3, 0.4) is 0 Å². The minimum Gasteiger partial charge on any atom is -0.445 e. The average Bonchev–Trinajstić information content (AvgIpc) is 3.81. The SMILES string of the molecule is C[C@@H](CCCc1cc(Cl)c(F)c(-c2cc3cn(-c4ccc([C@H]5CC[C@H](CCNC(=O)OC(C)(C)C)N5C(=O)OC(C)(C)C)cc4)c(=O)nc3[nH]2)c1)NC(=O)OCc1ccccc1. The number of alkyl carbamates (subject to hydrolysis) is 2. The van der Waals surface area contributed by atoms with Crippen molar-refractivity contribution in [1.82, 2.24) is 30.1 Å². The number of nitrogens with zero attached hydrogens (tertiary/aromatic N) is 3. The van der Waals surface area contributed by atoms with Gasteiger partial charge in [-0.2, -0.15) is 4.98 Å². The van der Waals surface area contributed by atoms with Crippen LogP contribution in [0.2, 0.25) is 5.02 Å².